The molecule has 158 valence electrons. The van der Waals surface area contributed by atoms with E-state index in [2.05, 4.69) is 16.5 Å². The maximum absolute atomic E-state index is 13.1. The van der Waals surface area contributed by atoms with Crippen LogP contribution in [0, 0.1) is 23.1 Å². The number of aromatic nitrogens is 2. The molecule has 1 saturated heterocycles. The molecule has 1 aromatic heterocycles. The second-order valence-electron chi connectivity index (χ2n) is 6.90. The van der Waals surface area contributed by atoms with Gasteiger partial charge >= 0.3 is 6.09 Å². The topological polar surface area (TPSA) is 137 Å². The summed E-state index contributed by atoms with van der Waals surface area (Å²) in [6, 6.07) is 6.04. The Morgan fingerprint density at radius 3 is 2.63 bits per heavy atom. The zero-order valence-corrected chi connectivity index (χ0v) is 15.8. The standard InChI is InChI=1S/C19H20F2N6O3/c20-7-5-15-13(9-22)16(6-8-26(15)19(29)30)27-10-14(17(23)28)18(25-27)24-12-3-1-11(21)2-4-12/h1-4,10,13,15-16H,5-8H2,(H2,23,28)(H,24,25)(H,29,30)/t13-,15?,16+/m1/s1. The lowest BCUT2D eigenvalue weighted by atomic mass is 9.84. The van der Waals surface area contributed by atoms with Crippen LogP contribution >= 0.6 is 0 Å². The minimum absolute atomic E-state index is 0.0544. The fourth-order valence-electron chi connectivity index (χ4n) is 3.72. The van der Waals surface area contributed by atoms with Crippen LogP contribution in [-0.2, 0) is 0 Å². The number of hydrogen-bond donors (Lipinski definition) is 3. The highest BCUT2D eigenvalue weighted by molar-refractivity contribution is 5.98. The molecule has 11 heteroatoms. The number of benzene rings is 1. The van der Waals surface area contributed by atoms with Gasteiger partial charge in [-0.1, -0.05) is 0 Å². The Balaban J connectivity index is 1.94. The highest BCUT2D eigenvalue weighted by atomic mass is 19.1. The first-order valence-corrected chi connectivity index (χ1v) is 9.22. The fourth-order valence-corrected chi connectivity index (χ4v) is 3.72. The Kier molecular flexibility index (Phi) is 6.15. The number of nitriles is 1. The quantitative estimate of drug-likeness (QED) is 0.659. The summed E-state index contributed by atoms with van der Waals surface area (Å²) in [6.45, 7) is -0.683. The number of primary amides is 1. The maximum Gasteiger partial charge on any atom is 0.407 e. The molecule has 1 fully saturated rings. The number of carboxylic acid groups (broad SMARTS) is 1. The first-order valence-electron chi connectivity index (χ1n) is 9.22. The summed E-state index contributed by atoms with van der Waals surface area (Å²) in [7, 11) is 0. The largest absolute Gasteiger partial charge is 0.465 e. The number of piperidine rings is 1. The van der Waals surface area contributed by atoms with Crippen molar-refractivity contribution in [2.75, 3.05) is 18.5 Å². The third-order valence-corrected chi connectivity index (χ3v) is 5.14. The minimum atomic E-state index is -1.22. The van der Waals surface area contributed by atoms with Crippen molar-refractivity contribution in [2.24, 2.45) is 11.7 Å². The summed E-state index contributed by atoms with van der Waals surface area (Å²) in [6.07, 6.45) is 0.296. The van der Waals surface area contributed by atoms with Crippen molar-refractivity contribution < 1.29 is 23.5 Å². The average molecular weight is 418 g/mol. The molecule has 1 unspecified atom stereocenters. The Morgan fingerprint density at radius 2 is 2.07 bits per heavy atom. The summed E-state index contributed by atoms with van der Waals surface area (Å²) in [5.74, 6) is -1.94. The Hall–Kier alpha value is -3.68. The first kappa shape index (κ1) is 21.0. The number of nitrogens with two attached hydrogens (primary N) is 1. The molecule has 0 bridgehead atoms. The molecule has 2 heterocycles. The van der Waals surface area contributed by atoms with Gasteiger partial charge in [-0.25, -0.2) is 9.18 Å². The zero-order valence-electron chi connectivity index (χ0n) is 15.8. The predicted octanol–water partition coefficient (Wildman–Crippen LogP) is 2.66. The van der Waals surface area contributed by atoms with E-state index in [1.54, 1.807) is 0 Å². The van der Waals surface area contributed by atoms with E-state index < -0.39 is 42.5 Å². The molecule has 30 heavy (non-hydrogen) atoms. The number of nitrogens with zero attached hydrogens (tertiary/aromatic N) is 4. The van der Waals surface area contributed by atoms with E-state index in [0.29, 0.717) is 5.69 Å². The molecule has 0 saturated carbocycles. The van der Waals surface area contributed by atoms with Crippen molar-refractivity contribution in [1.82, 2.24) is 14.7 Å². The minimum Gasteiger partial charge on any atom is -0.465 e. The number of nitrogens with one attached hydrogen (secondary N) is 1. The van der Waals surface area contributed by atoms with Gasteiger partial charge in [-0.3, -0.25) is 13.9 Å². The lowest BCUT2D eigenvalue weighted by Gasteiger charge is -2.41. The summed E-state index contributed by atoms with van der Waals surface area (Å²) < 4.78 is 27.6. The molecule has 9 nitrogen and oxygen atoms in total. The highest BCUT2D eigenvalue weighted by Crippen LogP contribution is 2.35. The summed E-state index contributed by atoms with van der Waals surface area (Å²) in [5, 5.41) is 26.3. The number of halogens is 2. The molecule has 1 aromatic carbocycles. The third-order valence-electron chi connectivity index (χ3n) is 5.14. The molecular weight excluding hydrogens is 398 g/mol. The summed E-state index contributed by atoms with van der Waals surface area (Å²) >= 11 is 0. The van der Waals surface area contributed by atoms with Crippen molar-refractivity contribution in [3.05, 3.63) is 41.8 Å². The van der Waals surface area contributed by atoms with Crippen LogP contribution in [0.4, 0.5) is 25.1 Å². The van der Waals surface area contributed by atoms with Gasteiger partial charge in [0.15, 0.2) is 5.82 Å². The average Bonchev–Trinajstić information content (AvgIpc) is 3.13. The maximum atomic E-state index is 13.1. The number of likely N-dealkylation sites (tertiary alicyclic amines) is 1. The van der Waals surface area contributed by atoms with Gasteiger partial charge in [-0.15, -0.1) is 0 Å². The SMILES string of the molecule is N#C[C@@H]1C(CCF)N(C(=O)O)CC[C@@H]1n1cc(C(N)=O)c(Nc2ccc(F)cc2)n1. The van der Waals surface area contributed by atoms with Gasteiger partial charge in [-0.05, 0) is 37.1 Å². The Bertz CT molecular complexity index is 972. The van der Waals surface area contributed by atoms with E-state index in [9.17, 15) is 28.7 Å². The molecule has 1 aliphatic rings. The first-order chi connectivity index (χ1) is 14.3. The second kappa shape index (κ2) is 8.77. The highest BCUT2D eigenvalue weighted by Gasteiger charge is 2.42. The third kappa shape index (κ3) is 4.17. The molecular formula is C19H20F2N6O3. The Labute approximate surface area is 170 Å². The van der Waals surface area contributed by atoms with Gasteiger partial charge in [0.25, 0.3) is 5.91 Å². The van der Waals surface area contributed by atoms with Crippen molar-refractivity contribution in [2.45, 2.75) is 24.9 Å². The van der Waals surface area contributed by atoms with Crippen molar-refractivity contribution in [3.8, 4) is 6.07 Å². The van der Waals surface area contributed by atoms with Gasteiger partial charge in [0.05, 0.1) is 30.7 Å². The smallest absolute Gasteiger partial charge is 0.407 e. The van der Waals surface area contributed by atoms with Crippen LogP contribution in [-0.4, -0.2) is 51.0 Å². The number of amides is 2. The monoisotopic (exact) mass is 418 g/mol. The molecule has 4 N–H and O–H groups in total. The van der Waals surface area contributed by atoms with Gasteiger partial charge in [0.2, 0.25) is 0 Å². The van der Waals surface area contributed by atoms with Crippen LogP contribution in [0.2, 0.25) is 0 Å². The van der Waals surface area contributed by atoms with Crippen LogP contribution in [0.3, 0.4) is 0 Å². The molecule has 1 aliphatic heterocycles. The number of carbonyl (C=O) groups excluding carboxylic acids is 1. The molecule has 2 amide bonds. The zero-order chi connectivity index (χ0) is 21.8. The van der Waals surface area contributed by atoms with E-state index >= 15 is 0 Å². The normalized spacial score (nSPS) is 21.1. The van der Waals surface area contributed by atoms with Crippen LogP contribution in [0.25, 0.3) is 0 Å². The van der Waals surface area contributed by atoms with Gasteiger partial charge in [0, 0.05) is 18.4 Å². The number of hydrogen-bond acceptors (Lipinski definition) is 5. The van der Waals surface area contributed by atoms with Crippen LogP contribution in [0.1, 0.15) is 29.2 Å². The number of rotatable bonds is 6. The Morgan fingerprint density at radius 1 is 1.37 bits per heavy atom. The van der Waals surface area contributed by atoms with E-state index in [-0.39, 0.29) is 30.8 Å². The summed E-state index contributed by atoms with van der Waals surface area (Å²) in [4.78, 5) is 24.5. The fraction of sp³-hybridized carbons (Fsp3) is 0.368. The predicted molar refractivity (Wildman–Crippen MR) is 102 cm³/mol. The molecule has 3 rings (SSSR count). The lowest BCUT2D eigenvalue weighted by molar-refractivity contribution is 0.0602. The van der Waals surface area contributed by atoms with Gasteiger partial charge in [-0.2, -0.15) is 10.4 Å². The van der Waals surface area contributed by atoms with E-state index in [1.165, 1.54) is 35.1 Å². The van der Waals surface area contributed by atoms with Crippen LogP contribution < -0.4 is 11.1 Å². The second-order valence-corrected chi connectivity index (χ2v) is 6.90. The molecule has 0 aliphatic carbocycles. The van der Waals surface area contributed by atoms with Crippen LogP contribution in [0.5, 0.6) is 0 Å². The van der Waals surface area contributed by atoms with E-state index in [1.807, 2.05) is 0 Å². The number of anilines is 2. The molecule has 3 atom stereocenters. The lowest BCUT2D eigenvalue weighted by Crippen LogP contribution is -2.51. The van der Waals surface area contributed by atoms with E-state index in [4.69, 9.17) is 5.73 Å². The van der Waals surface area contributed by atoms with Gasteiger partial charge < -0.3 is 21.1 Å². The molecule has 0 radical (unpaired) electrons. The van der Waals surface area contributed by atoms with Crippen molar-refractivity contribution >= 4 is 23.5 Å². The summed E-state index contributed by atoms with van der Waals surface area (Å²) in [5.41, 5.74) is 5.97. The van der Waals surface area contributed by atoms with Crippen molar-refractivity contribution in [3.63, 3.8) is 0 Å². The molecule has 2 aromatic rings. The van der Waals surface area contributed by atoms with Crippen molar-refractivity contribution in [1.29, 1.82) is 5.26 Å². The number of carbonyl (C=O) groups is 2. The van der Waals surface area contributed by atoms with Gasteiger partial charge in [0.1, 0.15) is 11.4 Å². The van der Waals surface area contributed by atoms with E-state index in [0.717, 1.165) is 4.90 Å². The molecule has 0 spiro atoms. The number of alkyl halides is 1. The van der Waals surface area contributed by atoms with Crippen LogP contribution in [0.15, 0.2) is 30.5 Å².